The van der Waals surface area contributed by atoms with E-state index in [1.165, 1.54) is 6.07 Å². The van der Waals surface area contributed by atoms with Crippen LogP contribution in [0.3, 0.4) is 0 Å². The van der Waals surface area contributed by atoms with Crippen LogP contribution in [0, 0.1) is 5.82 Å². The lowest BCUT2D eigenvalue weighted by molar-refractivity contribution is 0.639. The van der Waals surface area contributed by atoms with Crippen LogP contribution in [0.15, 0.2) is 22.7 Å². The summed E-state index contributed by atoms with van der Waals surface area (Å²) in [6.07, 6.45) is 1.77. The number of pyridine rings is 1. The molecule has 0 saturated heterocycles. The molecule has 0 saturated carbocycles. The fourth-order valence-corrected chi connectivity index (χ4v) is 2.25. The van der Waals surface area contributed by atoms with Crippen molar-refractivity contribution in [3.8, 4) is 0 Å². The second-order valence-electron chi connectivity index (χ2n) is 3.82. The number of fused-ring (bicyclic) bond motifs is 1. The number of hydrogen-bond acceptors (Lipinski definition) is 3. The van der Waals surface area contributed by atoms with E-state index in [9.17, 15) is 4.39 Å². The molecule has 1 aromatic heterocycles. The second-order valence-corrected chi connectivity index (χ2v) is 4.67. The molecular formula is C12H13BrFN3. The van der Waals surface area contributed by atoms with Gasteiger partial charge >= 0.3 is 0 Å². The van der Waals surface area contributed by atoms with E-state index in [0.29, 0.717) is 16.7 Å². The lowest BCUT2D eigenvalue weighted by atomic mass is 10.1. The third-order valence-electron chi connectivity index (χ3n) is 2.62. The van der Waals surface area contributed by atoms with Gasteiger partial charge in [0.05, 0.1) is 5.52 Å². The molecule has 0 radical (unpaired) electrons. The van der Waals surface area contributed by atoms with Crippen LogP contribution in [0.2, 0.25) is 0 Å². The molecule has 0 unspecified atom stereocenters. The summed E-state index contributed by atoms with van der Waals surface area (Å²) in [6.45, 7) is 2.06. The van der Waals surface area contributed by atoms with E-state index in [1.807, 2.05) is 0 Å². The molecule has 0 spiro atoms. The summed E-state index contributed by atoms with van der Waals surface area (Å²) < 4.78 is 14.5. The molecule has 0 atom stereocenters. The van der Waals surface area contributed by atoms with E-state index < -0.39 is 0 Å². The van der Waals surface area contributed by atoms with E-state index in [0.717, 1.165) is 22.9 Å². The van der Waals surface area contributed by atoms with Crippen LogP contribution in [0.25, 0.3) is 10.9 Å². The first-order valence-electron chi connectivity index (χ1n) is 5.41. The highest BCUT2D eigenvalue weighted by molar-refractivity contribution is 9.10. The number of nitrogen functional groups attached to an aromatic ring is 1. The highest BCUT2D eigenvalue weighted by Gasteiger charge is 2.10. The normalized spacial score (nSPS) is 10.8. The molecule has 0 amide bonds. The highest BCUT2D eigenvalue weighted by Crippen LogP contribution is 2.28. The number of anilines is 1. The van der Waals surface area contributed by atoms with E-state index >= 15 is 0 Å². The van der Waals surface area contributed by atoms with Gasteiger partial charge in [-0.15, -0.1) is 0 Å². The number of nitrogens with zero attached hydrogens (tertiary/aromatic N) is 1. The van der Waals surface area contributed by atoms with Gasteiger partial charge in [0, 0.05) is 9.86 Å². The Morgan fingerprint density at radius 1 is 1.47 bits per heavy atom. The molecule has 0 aliphatic heterocycles. The number of hydrazine groups is 1. The molecule has 1 heterocycles. The summed E-state index contributed by atoms with van der Waals surface area (Å²) in [5.41, 5.74) is 4.08. The molecule has 1 aromatic carbocycles. The van der Waals surface area contributed by atoms with Crippen molar-refractivity contribution in [2.24, 2.45) is 5.84 Å². The van der Waals surface area contributed by atoms with Crippen LogP contribution in [0.4, 0.5) is 10.2 Å². The minimum absolute atomic E-state index is 0.267. The number of nitrogens with two attached hydrogens (primary N) is 1. The summed E-state index contributed by atoms with van der Waals surface area (Å²) in [5, 5.41) is 0.516. The molecular weight excluding hydrogens is 285 g/mol. The molecule has 0 aliphatic rings. The van der Waals surface area contributed by atoms with Crippen LogP contribution in [-0.2, 0) is 6.42 Å². The van der Waals surface area contributed by atoms with Gasteiger partial charge < -0.3 is 5.43 Å². The number of aromatic nitrogens is 1. The summed E-state index contributed by atoms with van der Waals surface area (Å²) in [5.74, 6) is 5.77. The van der Waals surface area contributed by atoms with Crippen LogP contribution in [-0.4, -0.2) is 4.98 Å². The standard InChI is InChI=1S/C12H13BrFN3/c1-2-3-7-6-8-10(14)5-4-9(13)11(8)16-12(7)17-15/h4-6H,2-3,15H2,1H3,(H,16,17). The van der Waals surface area contributed by atoms with Gasteiger partial charge in [-0.3, -0.25) is 0 Å². The van der Waals surface area contributed by atoms with Gasteiger partial charge in [-0.05, 0) is 46.1 Å². The smallest absolute Gasteiger partial charge is 0.143 e. The van der Waals surface area contributed by atoms with E-state index in [-0.39, 0.29) is 5.82 Å². The van der Waals surface area contributed by atoms with Gasteiger partial charge in [-0.2, -0.15) is 0 Å². The molecule has 3 nitrogen and oxygen atoms in total. The van der Waals surface area contributed by atoms with E-state index in [2.05, 4.69) is 33.3 Å². The second kappa shape index (κ2) is 4.98. The zero-order valence-corrected chi connectivity index (χ0v) is 11.0. The van der Waals surface area contributed by atoms with Gasteiger partial charge in [-0.1, -0.05) is 13.3 Å². The fraction of sp³-hybridized carbons (Fsp3) is 0.250. The summed E-state index contributed by atoms with van der Waals surface area (Å²) in [6, 6.07) is 4.88. The number of nitrogens with one attached hydrogen (secondary N) is 1. The SMILES string of the molecule is CCCc1cc2c(F)ccc(Br)c2nc1NN. The number of hydrogen-bond donors (Lipinski definition) is 2. The Labute approximate surface area is 107 Å². The predicted molar refractivity (Wildman–Crippen MR) is 71.2 cm³/mol. The first-order valence-corrected chi connectivity index (χ1v) is 6.21. The van der Waals surface area contributed by atoms with Crippen LogP contribution in [0.5, 0.6) is 0 Å². The van der Waals surface area contributed by atoms with Gasteiger partial charge in [-0.25, -0.2) is 15.2 Å². The Balaban J connectivity index is 2.73. The van der Waals surface area contributed by atoms with Crippen molar-refractivity contribution < 1.29 is 4.39 Å². The van der Waals surface area contributed by atoms with Crippen molar-refractivity contribution in [3.05, 3.63) is 34.1 Å². The fourth-order valence-electron chi connectivity index (χ4n) is 1.82. The summed E-state index contributed by atoms with van der Waals surface area (Å²) in [4.78, 5) is 4.35. The topological polar surface area (TPSA) is 50.9 Å². The minimum Gasteiger partial charge on any atom is -0.308 e. The molecule has 2 aromatic rings. The zero-order valence-electron chi connectivity index (χ0n) is 9.43. The van der Waals surface area contributed by atoms with Crippen molar-refractivity contribution in [2.45, 2.75) is 19.8 Å². The number of rotatable bonds is 3. The quantitative estimate of drug-likeness (QED) is 0.674. The van der Waals surface area contributed by atoms with Crippen LogP contribution < -0.4 is 11.3 Å². The van der Waals surface area contributed by atoms with Gasteiger partial charge in [0.15, 0.2) is 0 Å². The lowest BCUT2D eigenvalue weighted by Gasteiger charge is -2.10. The predicted octanol–water partition coefficient (Wildman–Crippen LogP) is 3.37. The molecule has 2 rings (SSSR count). The van der Waals surface area contributed by atoms with Crippen molar-refractivity contribution in [1.82, 2.24) is 4.98 Å². The Bertz CT molecular complexity index is 557. The van der Waals surface area contributed by atoms with Crippen molar-refractivity contribution in [3.63, 3.8) is 0 Å². The molecule has 0 bridgehead atoms. The van der Waals surface area contributed by atoms with Gasteiger partial charge in [0.2, 0.25) is 0 Å². The van der Waals surface area contributed by atoms with Crippen molar-refractivity contribution in [1.29, 1.82) is 0 Å². The number of benzene rings is 1. The first kappa shape index (κ1) is 12.3. The maximum atomic E-state index is 13.7. The van der Waals surface area contributed by atoms with E-state index in [4.69, 9.17) is 5.84 Å². The third kappa shape index (κ3) is 2.25. The number of aryl methyl sites for hydroxylation is 1. The van der Waals surface area contributed by atoms with Gasteiger partial charge in [0.25, 0.3) is 0 Å². The molecule has 5 heteroatoms. The third-order valence-corrected chi connectivity index (χ3v) is 3.26. The molecule has 0 aliphatic carbocycles. The monoisotopic (exact) mass is 297 g/mol. The van der Waals surface area contributed by atoms with Crippen molar-refractivity contribution >= 4 is 32.7 Å². The molecule has 3 N–H and O–H groups in total. The Morgan fingerprint density at radius 3 is 2.88 bits per heavy atom. The minimum atomic E-state index is -0.267. The lowest BCUT2D eigenvalue weighted by Crippen LogP contribution is -2.11. The Kier molecular flexibility index (Phi) is 3.59. The largest absolute Gasteiger partial charge is 0.308 e. The average Bonchev–Trinajstić information content (AvgIpc) is 2.34. The Morgan fingerprint density at radius 2 is 2.24 bits per heavy atom. The zero-order chi connectivity index (χ0) is 12.4. The number of halogens is 2. The van der Waals surface area contributed by atoms with Crippen LogP contribution in [0.1, 0.15) is 18.9 Å². The molecule has 17 heavy (non-hydrogen) atoms. The van der Waals surface area contributed by atoms with Gasteiger partial charge in [0.1, 0.15) is 11.6 Å². The molecule has 0 fully saturated rings. The summed E-state index contributed by atoms with van der Waals surface area (Å²) in [7, 11) is 0. The maximum absolute atomic E-state index is 13.7. The van der Waals surface area contributed by atoms with E-state index in [1.54, 1.807) is 12.1 Å². The van der Waals surface area contributed by atoms with Crippen LogP contribution >= 0.6 is 15.9 Å². The molecule has 90 valence electrons. The van der Waals surface area contributed by atoms with Crippen molar-refractivity contribution in [2.75, 3.05) is 5.43 Å². The first-order chi connectivity index (χ1) is 8.17. The maximum Gasteiger partial charge on any atom is 0.143 e. The highest BCUT2D eigenvalue weighted by atomic mass is 79.9. The summed E-state index contributed by atoms with van der Waals surface area (Å²) >= 11 is 3.36. The Hall–Kier alpha value is -1.20. The average molecular weight is 298 g/mol.